The highest BCUT2D eigenvalue weighted by Crippen LogP contribution is 2.19. The molecule has 1 aliphatic heterocycles. The lowest BCUT2D eigenvalue weighted by atomic mass is 10.2. The molecule has 8 heteroatoms. The second-order valence-corrected chi connectivity index (χ2v) is 6.85. The average Bonchev–Trinajstić information content (AvgIpc) is 2.73. The first-order valence-electron chi connectivity index (χ1n) is 6.35. The molecule has 3 amide bonds. The lowest BCUT2D eigenvalue weighted by Crippen LogP contribution is -2.51. The van der Waals surface area contributed by atoms with Crippen LogP contribution in [0.15, 0.2) is 0 Å². The van der Waals surface area contributed by atoms with Crippen LogP contribution >= 0.6 is 22.6 Å². The number of ether oxygens (including phenoxy) is 1. The minimum absolute atomic E-state index is 0.335. The first-order chi connectivity index (χ1) is 9.11. The van der Waals surface area contributed by atoms with E-state index >= 15 is 0 Å². The Bertz CT molecular complexity index is 408. The number of likely N-dealkylation sites (tertiary alicyclic amines) is 1. The van der Waals surface area contributed by atoms with Gasteiger partial charge in [0.1, 0.15) is 11.6 Å². The Morgan fingerprint density at radius 2 is 2.00 bits per heavy atom. The smallest absolute Gasteiger partial charge is 0.408 e. The maximum absolute atomic E-state index is 12.2. The van der Waals surface area contributed by atoms with Crippen LogP contribution in [0.1, 0.15) is 33.6 Å². The molecule has 7 nitrogen and oxygen atoms in total. The van der Waals surface area contributed by atoms with Gasteiger partial charge in [-0.25, -0.2) is 4.79 Å². The van der Waals surface area contributed by atoms with Crippen molar-refractivity contribution in [3.8, 4) is 0 Å². The molecule has 0 radical (unpaired) electrons. The minimum atomic E-state index is -0.789. The number of amides is 3. The van der Waals surface area contributed by atoms with Crippen molar-refractivity contribution in [1.29, 1.82) is 0 Å². The largest absolute Gasteiger partial charge is 0.444 e. The quantitative estimate of drug-likeness (QED) is 0.417. The van der Waals surface area contributed by atoms with Crippen LogP contribution in [-0.4, -0.2) is 45.0 Å². The molecular formula is C12H20IN3O4. The zero-order chi connectivity index (χ0) is 15.5. The number of hydrogen-bond donors (Lipinski definition) is 2. The zero-order valence-electron chi connectivity index (χ0n) is 11.8. The number of alkyl halides is 1. The number of hydrogen-bond acceptors (Lipinski definition) is 4. The maximum atomic E-state index is 12.2. The van der Waals surface area contributed by atoms with Gasteiger partial charge in [0.25, 0.3) is 5.91 Å². The van der Waals surface area contributed by atoms with Gasteiger partial charge in [-0.1, -0.05) is 0 Å². The molecule has 3 N–H and O–H groups in total. The van der Waals surface area contributed by atoms with Crippen molar-refractivity contribution in [1.82, 2.24) is 10.2 Å². The number of nitrogens with zero attached hydrogens (tertiary/aromatic N) is 1. The standard InChI is InChI=1S/C12H20IN3O4/c1-12(2,3)20-11(19)15-8(13)10(18)16-6-4-5-7(16)9(14)17/h7-8H,4-6H2,1-3H3,(H2,14,17)(H,15,19)/t7-,8?/m0/s1. The van der Waals surface area contributed by atoms with Crippen molar-refractivity contribution >= 4 is 40.5 Å². The van der Waals surface area contributed by atoms with E-state index in [1.807, 2.05) is 0 Å². The number of nitrogens with two attached hydrogens (primary N) is 1. The first kappa shape index (κ1) is 17.0. The lowest BCUT2D eigenvalue weighted by molar-refractivity contribution is -0.136. The van der Waals surface area contributed by atoms with E-state index < -0.39 is 27.7 Å². The van der Waals surface area contributed by atoms with Crippen molar-refractivity contribution in [3.05, 3.63) is 0 Å². The Morgan fingerprint density at radius 1 is 1.40 bits per heavy atom. The van der Waals surface area contributed by atoms with E-state index in [0.29, 0.717) is 13.0 Å². The summed E-state index contributed by atoms with van der Waals surface area (Å²) < 4.78 is 4.29. The van der Waals surface area contributed by atoms with Crippen molar-refractivity contribution in [2.45, 2.75) is 49.3 Å². The summed E-state index contributed by atoms with van der Waals surface area (Å²) in [6.45, 7) is 5.68. The molecule has 1 saturated heterocycles. The van der Waals surface area contributed by atoms with E-state index in [1.165, 1.54) is 4.90 Å². The van der Waals surface area contributed by atoms with E-state index in [9.17, 15) is 14.4 Å². The van der Waals surface area contributed by atoms with E-state index in [2.05, 4.69) is 5.32 Å². The van der Waals surface area contributed by atoms with E-state index in [-0.39, 0.29) is 5.91 Å². The number of primary amides is 1. The second kappa shape index (κ2) is 6.59. The molecule has 0 bridgehead atoms. The monoisotopic (exact) mass is 397 g/mol. The number of carbonyl (C=O) groups is 3. The minimum Gasteiger partial charge on any atom is -0.444 e. The van der Waals surface area contributed by atoms with Gasteiger partial charge in [0, 0.05) is 6.54 Å². The molecule has 0 aromatic carbocycles. The summed E-state index contributed by atoms with van der Waals surface area (Å²) in [6.07, 6.45) is 0.631. The average molecular weight is 397 g/mol. The summed E-state index contributed by atoms with van der Waals surface area (Å²) in [4.78, 5) is 36.5. The van der Waals surface area contributed by atoms with Gasteiger partial charge < -0.3 is 20.7 Å². The van der Waals surface area contributed by atoms with Crippen LogP contribution < -0.4 is 11.1 Å². The molecule has 0 aromatic rings. The molecule has 0 saturated carbocycles. The zero-order valence-corrected chi connectivity index (χ0v) is 14.0. The summed E-state index contributed by atoms with van der Waals surface area (Å²) in [7, 11) is 0. The fourth-order valence-corrected chi connectivity index (χ4v) is 2.56. The lowest BCUT2D eigenvalue weighted by Gasteiger charge is -2.26. The van der Waals surface area contributed by atoms with Crippen LogP contribution in [0.2, 0.25) is 0 Å². The van der Waals surface area contributed by atoms with Crippen molar-refractivity contribution in [2.75, 3.05) is 6.54 Å². The molecule has 2 atom stereocenters. The Hall–Kier alpha value is -1.06. The Balaban J connectivity index is 2.59. The molecule has 0 spiro atoms. The Morgan fingerprint density at radius 3 is 2.50 bits per heavy atom. The summed E-state index contributed by atoms with van der Waals surface area (Å²) in [5, 5.41) is 2.45. The van der Waals surface area contributed by atoms with Crippen molar-refractivity contribution < 1.29 is 19.1 Å². The van der Waals surface area contributed by atoms with Crippen molar-refractivity contribution in [2.24, 2.45) is 5.73 Å². The molecule has 1 rings (SSSR count). The molecule has 20 heavy (non-hydrogen) atoms. The molecule has 0 aliphatic carbocycles. The highest BCUT2D eigenvalue weighted by Gasteiger charge is 2.36. The highest BCUT2D eigenvalue weighted by molar-refractivity contribution is 14.1. The SMILES string of the molecule is CC(C)(C)OC(=O)NC(I)C(=O)N1CCC[C@H]1C(N)=O. The second-order valence-electron chi connectivity index (χ2n) is 5.60. The van der Waals surface area contributed by atoms with Crippen LogP contribution in [0.25, 0.3) is 0 Å². The number of nitrogens with one attached hydrogen (secondary N) is 1. The first-order valence-corrected chi connectivity index (χ1v) is 7.60. The topological polar surface area (TPSA) is 102 Å². The molecule has 114 valence electrons. The van der Waals surface area contributed by atoms with Gasteiger partial charge in [0.2, 0.25) is 5.91 Å². The summed E-state index contributed by atoms with van der Waals surface area (Å²) in [5.41, 5.74) is 4.63. The van der Waals surface area contributed by atoms with Gasteiger partial charge in [-0.3, -0.25) is 9.59 Å². The van der Waals surface area contributed by atoms with Gasteiger partial charge in [0.15, 0.2) is 4.05 Å². The van der Waals surface area contributed by atoms with Gasteiger partial charge in [-0.2, -0.15) is 0 Å². The highest BCUT2D eigenvalue weighted by atomic mass is 127. The molecule has 1 fully saturated rings. The Kier molecular flexibility index (Phi) is 5.60. The fourth-order valence-electron chi connectivity index (χ4n) is 1.94. The number of carbonyl (C=O) groups excluding carboxylic acids is 3. The summed E-state index contributed by atoms with van der Waals surface area (Å²) in [5.74, 6) is -0.852. The number of halogens is 1. The molecular weight excluding hydrogens is 377 g/mol. The van der Waals surface area contributed by atoms with Crippen LogP contribution in [0.3, 0.4) is 0 Å². The van der Waals surface area contributed by atoms with E-state index in [4.69, 9.17) is 10.5 Å². The van der Waals surface area contributed by atoms with Crippen LogP contribution in [0.5, 0.6) is 0 Å². The number of rotatable bonds is 3. The molecule has 1 aliphatic rings. The third kappa shape index (κ3) is 4.80. The number of alkyl carbamates (subject to hydrolysis) is 1. The van der Waals surface area contributed by atoms with Crippen LogP contribution in [0.4, 0.5) is 4.79 Å². The summed E-state index contributed by atoms with van der Waals surface area (Å²) >= 11 is 1.80. The van der Waals surface area contributed by atoms with Crippen LogP contribution in [0, 0.1) is 0 Å². The molecule has 0 aromatic heterocycles. The van der Waals surface area contributed by atoms with Gasteiger partial charge in [0.05, 0.1) is 0 Å². The predicted octanol–water partition coefficient (Wildman–Crippen LogP) is 0.748. The predicted molar refractivity (Wildman–Crippen MR) is 81.1 cm³/mol. The van der Waals surface area contributed by atoms with Gasteiger partial charge in [-0.05, 0) is 56.2 Å². The molecule has 1 heterocycles. The normalized spacial score (nSPS) is 20.4. The fraction of sp³-hybridized carbons (Fsp3) is 0.750. The summed E-state index contributed by atoms with van der Waals surface area (Å²) in [6, 6.07) is -0.583. The third-order valence-corrected chi connectivity index (χ3v) is 3.57. The molecule has 1 unspecified atom stereocenters. The third-order valence-electron chi connectivity index (χ3n) is 2.72. The van der Waals surface area contributed by atoms with Crippen molar-refractivity contribution in [3.63, 3.8) is 0 Å². The maximum Gasteiger partial charge on any atom is 0.408 e. The van der Waals surface area contributed by atoms with Crippen LogP contribution in [-0.2, 0) is 14.3 Å². The van der Waals surface area contributed by atoms with Gasteiger partial charge >= 0.3 is 6.09 Å². The Labute approximate surface area is 131 Å². The van der Waals surface area contributed by atoms with E-state index in [1.54, 1.807) is 43.4 Å². The van der Waals surface area contributed by atoms with E-state index in [0.717, 1.165) is 6.42 Å². The van der Waals surface area contributed by atoms with Gasteiger partial charge in [-0.15, -0.1) is 0 Å².